The van der Waals surface area contributed by atoms with E-state index < -0.39 is 6.04 Å². The summed E-state index contributed by atoms with van der Waals surface area (Å²) in [6.45, 7) is 1.74. The van der Waals surface area contributed by atoms with Crippen molar-refractivity contribution < 1.29 is 9.59 Å². The van der Waals surface area contributed by atoms with Crippen LogP contribution in [0, 0.1) is 0 Å². The number of nitrogens with one attached hydrogen (secondary N) is 3. The third-order valence-corrected chi connectivity index (χ3v) is 4.91. The van der Waals surface area contributed by atoms with Crippen LogP contribution in [0.5, 0.6) is 0 Å². The zero-order chi connectivity index (χ0) is 19.1. The van der Waals surface area contributed by atoms with Crippen LogP contribution in [0.2, 0.25) is 5.02 Å². The Morgan fingerprint density at radius 3 is 2.46 bits per heavy atom. The zero-order valence-electron chi connectivity index (χ0n) is 15.5. The van der Waals surface area contributed by atoms with Crippen LogP contribution in [0.4, 0.5) is 0 Å². The molecule has 1 aliphatic heterocycles. The van der Waals surface area contributed by atoms with Gasteiger partial charge < -0.3 is 16.0 Å². The lowest BCUT2D eigenvalue weighted by Crippen LogP contribution is -2.53. The van der Waals surface area contributed by atoms with E-state index in [4.69, 9.17) is 11.6 Å². The predicted molar refractivity (Wildman–Crippen MR) is 114 cm³/mol. The van der Waals surface area contributed by atoms with Crippen molar-refractivity contribution in [3.05, 3.63) is 70.7 Å². The van der Waals surface area contributed by atoms with Crippen LogP contribution in [0.15, 0.2) is 54.6 Å². The number of hydrogen-bond acceptors (Lipinski definition) is 3. The van der Waals surface area contributed by atoms with Crippen molar-refractivity contribution in [1.29, 1.82) is 0 Å². The van der Waals surface area contributed by atoms with Gasteiger partial charge in [0.25, 0.3) is 5.91 Å². The molecule has 1 aliphatic rings. The first-order chi connectivity index (χ1) is 13.1. The van der Waals surface area contributed by atoms with E-state index in [1.807, 2.05) is 30.3 Å². The van der Waals surface area contributed by atoms with Crippen molar-refractivity contribution in [1.82, 2.24) is 16.0 Å². The van der Waals surface area contributed by atoms with Crippen LogP contribution in [0.3, 0.4) is 0 Å². The first-order valence-electron chi connectivity index (χ1n) is 9.23. The van der Waals surface area contributed by atoms with Gasteiger partial charge in [-0.25, -0.2) is 0 Å². The molecule has 0 aromatic heterocycles. The standard InChI is InChI=1S/C21H24ClN3O2.ClH/c22-17-10-8-16(9-11-17)20(26)25-19(13-15-5-2-1-3-6-15)21(27)24-18-7-4-12-23-14-18;/h1-3,5-6,8-11,18-19,23H,4,7,12-14H2,(H,24,27)(H,25,26);1H. The Hall–Kier alpha value is -2.08. The number of halogens is 2. The fourth-order valence-corrected chi connectivity index (χ4v) is 3.30. The number of rotatable bonds is 6. The molecule has 3 rings (SSSR count). The third-order valence-electron chi connectivity index (χ3n) is 4.65. The summed E-state index contributed by atoms with van der Waals surface area (Å²) in [6, 6.07) is 15.8. The van der Waals surface area contributed by atoms with Gasteiger partial charge in [0.1, 0.15) is 6.04 Å². The number of benzene rings is 2. The van der Waals surface area contributed by atoms with Gasteiger partial charge in [-0.05, 0) is 49.2 Å². The first kappa shape index (κ1) is 22.2. The number of carbonyl (C=O) groups is 2. The molecule has 1 fully saturated rings. The topological polar surface area (TPSA) is 70.2 Å². The zero-order valence-corrected chi connectivity index (χ0v) is 17.1. The highest BCUT2D eigenvalue weighted by Crippen LogP contribution is 2.11. The lowest BCUT2D eigenvalue weighted by Gasteiger charge is -2.26. The highest BCUT2D eigenvalue weighted by atomic mass is 35.5. The minimum absolute atomic E-state index is 0. The van der Waals surface area contributed by atoms with Gasteiger partial charge in [-0.1, -0.05) is 41.9 Å². The largest absolute Gasteiger partial charge is 0.350 e. The van der Waals surface area contributed by atoms with E-state index in [0.29, 0.717) is 17.0 Å². The Morgan fingerprint density at radius 2 is 1.82 bits per heavy atom. The fourth-order valence-electron chi connectivity index (χ4n) is 3.18. The van der Waals surface area contributed by atoms with Crippen molar-refractivity contribution in [2.75, 3.05) is 13.1 Å². The van der Waals surface area contributed by atoms with Crippen LogP contribution in [0.1, 0.15) is 28.8 Å². The van der Waals surface area contributed by atoms with E-state index in [1.165, 1.54) is 0 Å². The van der Waals surface area contributed by atoms with Crippen LogP contribution < -0.4 is 16.0 Å². The maximum atomic E-state index is 12.9. The fraction of sp³-hybridized carbons (Fsp3) is 0.333. The van der Waals surface area contributed by atoms with Crippen LogP contribution in [-0.4, -0.2) is 37.0 Å². The van der Waals surface area contributed by atoms with Gasteiger partial charge in [-0.2, -0.15) is 0 Å². The van der Waals surface area contributed by atoms with Crippen molar-refractivity contribution in [2.24, 2.45) is 0 Å². The molecular weight excluding hydrogens is 397 g/mol. The Morgan fingerprint density at radius 1 is 1.11 bits per heavy atom. The average molecular weight is 422 g/mol. The van der Waals surface area contributed by atoms with Gasteiger partial charge in [-0.3, -0.25) is 9.59 Å². The second-order valence-electron chi connectivity index (χ2n) is 6.77. The summed E-state index contributed by atoms with van der Waals surface area (Å²) in [5.74, 6) is -0.445. The molecule has 3 N–H and O–H groups in total. The van der Waals surface area contributed by atoms with Crippen LogP contribution in [-0.2, 0) is 11.2 Å². The van der Waals surface area contributed by atoms with Crippen molar-refractivity contribution >= 4 is 35.8 Å². The quantitative estimate of drug-likeness (QED) is 0.671. The number of amides is 2. The van der Waals surface area contributed by atoms with Gasteiger partial charge in [0, 0.05) is 29.6 Å². The summed E-state index contributed by atoms with van der Waals surface area (Å²) in [4.78, 5) is 25.5. The Bertz CT molecular complexity index is 763. The number of piperidine rings is 1. The lowest BCUT2D eigenvalue weighted by molar-refractivity contribution is -0.123. The molecule has 0 spiro atoms. The molecule has 1 saturated heterocycles. The molecule has 2 atom stereocenters. The van der Waals surface area contributed by atoms with Crippen molar-refractivity contribution in [3.8, 4) is 0 Å². The molecule has 0 saturated carbocycles. The highest BCUT2D eigenvalue weighted by molar-refractivity contribution is 6.30. The van der Waals surface area contributed by atoms with Crippen molar-refractivity contribution in [3.63, 3.8) is 0 Å². The van der Waals surface area contributed by atoms with E-state index >= 15 is 0 Å². The second-order valence-corrected chi connectivity index (χ2v) is 7.21. The van der Waals surface area contributed by atoms with Crippen LogP contribution in [0.25, 0.3) is 0 Å². The Kier molecular flexibility index (Phi) is 8.77. The maximum absolute atomic E-state index is 12.9. The summed E-state index contributed by atoms with van der Waals surface area (Å²) in [6.07, 6.45) is 2.42. The van der Waals surface area contributed by atoms with Gasteiger partial charge in [-0.15, -0.1) is 12.4 Å². The number of hydrogen-bond donors (Lipinski definition) is 3. The van der Waals surface area contributed by atoms with E-state index in [2.05, 4.69) is 16.0 Å². The second kappa shape index (κ2) is 11.1. The molecule has 0 radical (unpaired) electrons. The molecular formula is C21H25Cl2N3O2. The molecule has 28 heavy (non-hydrogen) atoms. The predicted octanol–water partition coefficient (Wildman–Crippen LogP) is 2.97. The molecule has 1 heterocycles. The van der Waals surface area contributed by atoms with E-state index in [-0.39, 0.29) is 30.3 Å². The monoisotopic (exact) mass is 421 g/mol. The summed E-state index contributed by atoms with van der Waals surface area (Å²) in [5, 5.41) is 9.79. The molecule has 0 aliphatic carbocycles. The highest BCUT2D eigenvalue weighted by Gasteiger charge is 2.25. The van der Waals surface area contributed by atoms with Gasteiger partial charge in [0.15, 0.2) is 0 Å². The smallest absolute Gasteiger partial charge is 0.251 e. The molecule has 2 unspecified atom stereocenters. The van der Waals surface area contributed by atoms with E-state index in [1.54, 1.807) is 24.3 Å². The molecule has 2 aromatic carbocycles. The summed E-state index contributed by atoms with van der Waals surface area (Å²) >= 11 is 5.89. The van der Waals surface area contributed by atoms with Crippen molar-refractivity contribution in [2.45, 2.75) is 31.3 Å². The minimum Gasteiger partial charge on any atom is -0.350 e. The summed E-state index contributed by atoms with van der Waals surface area (Å²) in [7, 11) is 0. The molecule has 2 aromatic rings. The van der Waals surface area contributed by atoms with Crippen LogP contribution >= 0.6 is 24.0 Å². The molecule has 2 amide bonds. The molecule has 7 heteroatoms. The summed E-state index contributed by atoms with van der Waals surface area (Å²) in [5.41, 5.74) is 1.47. The van der Waals surface area contributed by atoms with Gasteiger partial charge >= 0.3 is 0 Å². The minimum atomic E-state index is -0.641. The first-order valence-corrected chi connectivity index (χ1v) is 9.61. The average Bonchev–Trinajstić information content (AvgIpc) is 2.69. The Labute approximate surface area is 176 Å². The normalized spacial score (nSPS) is 17.1. The maximum Gasteiger partial charge on any atom is 0.251 e. The summed E-state index contributed by atoms with van der Waals surface area (Å²) < 4.78 is 0. The molecule has 150 valence electrons. The lowest BCUT2D eigenvalue weighted by atomic mass is 10.0. The molecule has 5 nitrogen and oxygen atoms in total. The number of carbonyl (C=O) groups excluding carboxylic acids is 2. The Balaban J connectivity index is 0.00000280. The SMILES string of the molecule is Cl.O=C(NC(Cc1ccccc1)C(=O)NC1CCCNC1)c1ccc(Cl)cc1. The third kappa shape index (κ3) is 6.51. The molecule has 0 bridgehead atoms. The van der Waals surface area contributed by atoms with Gasteiger partial charge in [0.2, 0.25) is 5.91 Å². The van der Waals surface area contributed by atoms with E-state index in [9.17, 15) is 9.59 Å². The van der Waals surface area contributed by atoms with E-state index in [0.717, 1.165) is 31.5 Å². The van der Waals surface area contributed by atoms with Gasteiger partial charge in [0.05, 0.1) is 0 Å².